The molecular formula is C17H38NOS+. The number of hydrogen-bond donors (Lipinski definition) is 1. The van der Waals surface area contributed by atoms with E-state index in [-0.39, 0.29) is 0 Å². The minimum atomic E-state index is 0.444. The van der Waals surface area contributed by atoms with Crippen molar-refractivity contribution in [1.82, 2.24) is 0 Å². The summed E-state index contributed by atoms with van der Waals surface area (Å²) in [5, 5.41) is 0. The molecule has 0 N–H and O–H groups in total. The minimum Gasteiger partial charge on any atom is -0.324 e. The lowest BCUT2D eigenvalue weighted by Gasteiger charge is -2.39. The summed E-state index contributed by atoms with van der Waals surface area (Å²) in [5.41, 5.74) is 0.444. The molecule has 0 saturated heterocycles. The molecule has 20 heavy (non-hydrogen) atoms. The fourth-order valence-corrected chi connectivity index (χ4v) is 2.64. The number of carbonyl (C=O) groups is 1. The molecule has 0 saturated carbocycles. The van der Waals surface area contributed by atoms with Gasteiger partial charge in [0.25, 0.3) is 0 Å². The van der Waals surface area contributed by atoms with Crippen LogP contribution in [0.4, 0.5) is 0 Å². The van der Waals surface area contributed by atoms with Gasteiger partial charge in [-0.05, 0) is 25.7 Å². The van der Waals surface area contributed by atoms with E-state index in [0.29, 0.717) is 5.62 Å². The van der Waals surface area contributed by atoms with Crippen LogP contribution in [0.1, 0.15) is 79.1 Å². The van der Waals surface area contributed by atoms with Crippen LogP contribution < -0.4 is 0 Å². The van der Waals surface area contributed by atoms with Crippen LogP contribution in [0.15, 0.2) is 0 Å². The summed E-state index contributed by atoms with van der Waals surface area (Å²) in [6.45, 7) is 15.0. The van der Waals surface area contributed by atoms with Crippen LogP contribution in [0.25, 0.3) is 0 Å². The number of quaternary nitrogens is 1. The average molecular weight is 305 g/mol. The second kappa shape index (κ2) is 17.0. The maximum absolute atomic E-state index is 8.67. The van der Waals surface area contributed by atoms with Crippen molar-refractivity contribution in [2.45, 2.75) is 79.1 Å². The monoisotopic (exact) mass is 304 g/mol. The van der Waals surface area contributed by atoms with Crippen molar-refractivity contribution in [1.29, 1.82) is 0 Å². The second-order valence-electron chi connectivity index (χ2n) is 5.76. The lowest BCUT2D eigenvalue weighted by molar-refractivity contribution is -0.929. The summed E-state index contributed by atoms with van der Waals surface area (Å²) in [6.07, 6.45) is 11.1. The van der Waals surface area contributed by atoms with Crippen LogP contribution in [-0.4, -0.2) is 36.3 Å². The highest BCUT2D eigenvalue weighted by Crippen LogP contribution is 2.16. The molecule has 0 heterocycles. The predicted octanol–water partition coefficient (Wildman–Crippen LogP) is 5.11. The van der Waals surface area contributed by atoms with Crippen molar-refractivity contribution >= 4 is 18.2 Å². The molecule has 3 heteroatoms. The first-order valence-corrected chi connectivity index (χ1v) is 9.10. The third kappa shape index (κ3) is 13.0. The SMILES string of the molecule is CCCC[N+](CCCC)(CCCC)CCCC.O=CS. The zero-order chi connectivity index (χ0) is 15.7. The van der Waals surface area contributed by atoms with Gasteiger partial charge in [-0.25, -0.2) is 0 Å². The fourth-order valence-electron chi connectivity index (χ4n) is 2.64. The minimum absolute atomic E-state index is 0.444. The van der Waals surface area contributed by atoms with Gasteiger partial charge >= 0.3 is 0 Å². The molecule has 0 radical (unpaired) electrons. The molecule has 0 fully saturated rings. The maximum atomic E-state index is 8.67. The van der Waals surface area contributed by atoms with Gasteiger partial charge < -0.3 is 4.48 Å². The molecule has 0 aromatic carbocycles. The Hall–Kier alpha value is -0.0200. The Morgan fingerprint density at radius 2 is 0.900 bits per heavy atom. The van der Waals surface area contributed by atoms with Gasteiger partial charge in [0.05, 0.1) is 26.2 Å². The Morgan fingerprint density at radius 1 is 0.700 bits per heavy atom. The molecule has 0 rings (SSSR count). The third-order valence-corrected chi connectivity index (χ3v) is 3.94. The largest absolute Gasteiger partial charge is 0.324 e. The lowest BCUT2D eigenvalue weighted by atomic mass is 10.1. The second-order valence-corrected chi connectivity index (χ2v) is 5.97. The van der Waals surface area contributed by atoms with E-state index in [1.165, 1.54) is 82.0 Å². The Bertz CT molecular complexity index is 160. The predicted molar refractivity (Wildman–Crippen MR) is 95.1 cm³/mol. The topological polar surface area (TPSA) is 17.1 Å². The van der Waals surface area contributed by atoms with Gasteiger partial charge in [0.2, 0.25) is 0 Å². The van der Waals surface area contributed by atoms with Crippen molar-refractivity contribution in [2.75, 3.05) is 26.2 Å². The van der Waals surface area contributed by atoms with Crippen molar-refractivity contribution in [3.05, 3.63) is 0 Å². The molecule has 0 aliphatic rings. The molecule has 0 atom stereocenters. The Balaban J connectivity index is 0. The Labute approximate surface area is 133 Å². The number of thiol groups is 1. The summed E-state index contributed by atoms with van der Waals surface area (Å²) in [5.74, 6) is 0. The zero-order valence-corrected chi connectivity index (χ0v) is 15.3. The van der Waals surface area contributed by atoms with Gasteiger partial charge in [-0.3, -0.25) is 4.79 Å². The smallest absolute Gasteiger partial charge is 0.173 e. The van der Waals surface area contributed by atoms with E-state index in [4.69, 9.17) is 4.79 Å². The summed E-state index contributed by atoms with van der Waals surface area (Å²) < 4.78 is 1.42. The Morgan fingerprint density at radius 3 is 1.05 bits per heavy atom. The highest BCUT2D eigenvalue weighted by molar-refractivity contribution is 7.94. The molecule has 0 aliphatic carbocycles. The van der Waals surface area contributed by atoms with Gasteiger partial charge in [-0.2, -0.15) is 0 Å². The third-order valence-electron chi connectivity index (χ3n) is 3.94. The summed E-state index contributed by atoms with van der Waals surface area (Å²) in [4.78, 5) is 8.67. The van der Waals surface area contributed by atoms with E-state index in [1.54, 1.807) is 0 Å². The van der Waals surface area contributed by atoms with Crippen LogP contribution in [0.2, 0.25) is 0 Å². The van der Waals surface area contributed by atoms with E-state index < -0.39 is 0 Å². The number of carbonyl (C=O) groups excluding carboxylic acids is 1. The quantitative estimate of drug-likeness (QED) is 0.301. The van der Waals surface area contributed by atoms with Crippen molar-refractivity contribution in [2.24, 2.45) is 0 Å². The molecule has 0 aromatic rings. The highest BCUT2D eigenvalue weighted by atomic mass is 32.1. The number of hydrogen-bond acceptors (Lipinski definition) is 1. The first-order chi connectivity index (χ1) is 9.66. The van der Waals surface area contributed by atoms with Crippen LogP contribution in [0, 0.1) is 0 Å². The van der Waals surface area contributed by atoms with Crippen LogP contribution in [0.3, 0.4) is 0 Å². The van der Waals surface area contributed by atoms with Gasteiger partial charge in [-0.15, -0.1) is 12.6 Å². The molecule has 0 amide bonds. The number of rotatable bonds is 12. The normalized spacial score (nSPS) is 10.8. The van der Waals surface area contributed by atoms with Crippen molar-refractivity contribution < 1.29 is 9.28 Å². The van der Waals surface area contributed by atoms with Gasteiger partial charge in [0.1, 0.15) is 0 Å². The van der Waals surface area contributed by atoms with Crippen molar-refractivity contribution in [3.8, 4) is 0 Å². The number of nitrogens with zero attached hydrogens (tertiary/aromatic N) is 1. The summed E-state index contributed by atoms with van der Waals surface area (Å²) in [7, 11) is 0. The van der Waals surface area contributed by atoms with Gasteiger partial charge in [-0.1, -0.05) is 53.4 Å². The summed E-state index contributed by atoms with van der Waals surface area (Å²) >= 11 is 3.11. The maximum Gasteiger partial charge on any atom is 0.173 e. The molecule has 122 valence electrons. The molecule has 2 nitrogen and oxygen atoms in total. The first-order valence-electron chi connectivity index (χ1n) is 8.59. The van der Waals surface area contributed by atoms with Crippen molar-refractivity contribution in [3.63, 3.8) is 0 Å². The van der Waals surface area contributed by atoms with E-state index in [9.17, 15) is 0 Å². The Kier molecular flexibility index (Phi) is 19.0. The molecular weight excluding hydrogens is 266 g/mol. The average Bonchev–Trinajstić information content (AvgIpc) is 2.46. The molecule has 0 bridgehead atoms. The van der Waals surface area contributed by atoms with E-state index in [0.717, 1.165) is 0 Å². The molecule has 0 spiro atoms. The van der Waals surface area contributed by atoms with Gasteiger partial charge in [0, 0.05) is 0 Å². The highest BCUT2D eigenvalue weighted by Gasteiger charge is 2.24. The lowest BCUT2D eigenvalue weighted by Crippen LogP contribution is -2.50. The standard InChI is InChI=1S/C16H36N.CH2OS/c1-5-9-13-17(14-10-6-2,15-11-7-3)16-12-8-4;2-1-3/h5-16H2,1-4H3;1H,(H,2,3)/q+1;. The van der Waals surface area contributed by atoms with Crippen LogP contribution >= 0.6 is 12.6 Å². The van der Waals surface area contributed by atoms with Gasteiger partial charge in [0.15, 0.2) is 5.62 Å². The van der Waals surface area contributed by atoms with Crippen LogP contribution in [0.5, 0.6) is 0 Å². The molecule has 0 unspecified atom stereocenters. The summed E-state index contributed by atoms with van der Waals surface area (Å²) in [6, 6.07) is 0. The van der Waals surface area contributed by atoms with E-state index in [1.807, 2.05) is 0 Å². The fraction of sp³-hybridized carbons (Fsp3) is 0.941. The molecule has 0 aliphatic heterocycles. The van der Waals surface area contributed by atoms with Crippen LogP contribution in [-0.2, 0) is 4.79 Å². The molecule has 0 aromatic heterocycles. The zero-order valence-electron chi connectivity index (χ0n) is 14.4. The number of unbranched alkanes of at least 4 members (excludes halogenated alkanes) is 4. The first kappa shape index (κ1) is 22.3. The van der Waals surface area contributed by atoms with E-state index in [2.05, 4.69) is 40.3 Å². The van der Waals surface area contributed by atoms with E-state index >= 15 is 0 Å².